The van der Waals surface area contributed by atoms with Gasteiger partial charge in [-0.05, 0) is 18.2 Å². The minimum atomic E-state index is -0.471. The number of carbonyl (C=O) groups excluding carboxylic acids is 1. The van der Waals surface area contributed by atoms with Gasteiger partial charge in [0.15, 0.2) is 0 Å². The predicted octanol–water partition coefficient (Wildman–Crippen LogP) is 2.20. The van der Waals surface area contributed by atoms with Crippen LogP contribution in [0.15, 0.2) is 18.2 Å². The van der Waals surface area contributed by atoms with Crippen molar-refractivity contribution in [3.8, 4) is 11.8 Å². The van der Waals surface area contributed by atoms with Crippen LogP contribution in [0.1, 0.15) is 29.3 Å². The standard InChI is InChI=1S/C11H10ClNO/c1-2-3-4-8-7-9(11(13)14)5-6-10(8)12/h5-7H,2H2,1H3,(H2,13,14). The van der Waals surface area contributed by atoms with Gasteiger partial charge in [0.1, 0.15) is 0 Å². The van der Waals surface area contributed by atoms with Crippen molar-refractivity contribution in [1.29, 1.82) is 0 Å². The van der Waals surface area contributed by atoms with Crippen molar-refractivity contribution < 1.29 is 4.79 Å². The molecule has 0 aliphatic rings. The molecule has 1 aromatic carbocycles. The second kappa shape index (κ2) is 4.69. The highest BCUT2D eigenvalue weighted by Crippen LogP contribution is 2.16. The van der Waals surface area contributed by atoms with Gasteiger partial charge >= 0.3 is 0 Å². The maximum Gasteiger partial charge on any atom is 0.248 e. The van der Waals surface area contributed by atoms with E-state index < -0.39 is 5.91 Å². The van der Waals surface area contributed by atoms with Crippen molar-refractivity contribution in [2.75, 3.05) is 0 Å². The topological polar surface area (TPSA) is 43.1 Å². The lowest BCUT2D eigenvalue weighted by Crippen LogP contribution is -2.10. The van der Waals surface area contributed by atoms with Gasteiger partial charge < -0.3 is 5.73 Å². The van der Waals surface area contributed by atoms with E-state index in [1.54, 1.807) is 18.2 Å². The molecule has 0 spiro atoms. The molecule has 2 N–H and O–H groups in total. The Labute approximate surface area is 88.1 Å². The molecule has 0 aliphatic carbocycles. The summed E-state index contributed by atoms with van der Waals surface area (Å²) in [6.45, 7) is 1.94. The Morgan fingerprint density at radius 3 is 2.86 bits per heavy atom. The average molecular weight is 208 g/mol. The van der Waals surface area contributed by atoms with Crippen LogP contribution in [-0.2, 0) is 0 Å². The third-order valence-electron chi connectivity index (χ3n) is 1.65. The first-order chi connectivity index (χ1) is 6.65. The van der Waals surface area contributed by atoms with Gasteiger partial charge in [0, 0.05) is 17.5 Å². The molecule has 0 unspecified atom stereocenters. The van der Waals surface area contributed by atoms with Crippen LogP contribution in [0.5, 0.6) is 0 Å². The first-order valence-electron chi connectivity index (χ1n) is 4.23. The van der Waals surface area contributed by atoms with Crippen molar-refractivity contribution in [3.63, 3.8) is 0 Å². The van der Waals surface area contributed by atoms with Crippen LogP contribution in [0, 0.1) is 11.8 Å². The number of nitrogens with two attached hydrogens (primary N) is 1. The summed E-state index contributed by atoms with van der Waals surface area (Å²) in [7, 11) is 0. The molecule has 14 heavy (non-hydrogen) atoms. The normalized spacial score (nSPS) is 9.00. The van der Waals surface area contributed by atoms with Crippen molar-refractivity contribution >= 4 is 17.5 Å². The summed E-state index contributed by atoms with van der Waals surface area (Å²) in [6, 6.07) is 4.82. The monoisotopic (exact) mass is 207 g/mol. The van der Waals surface area contributed by atoms with E-state index in [0.29, 0.717) is 16.1 Å². The Balaban J connectivity index is 3.14. The van der Waals surface area contributed by atoms with Crippen LogP contribution < -0.4 is 5.73 Å². The van der Waals surface area contributed by atoms with Crippen molar-refractivity contribution in [3.05, 3.63) is 34.3 Å². The number of halogens is 1. The van der Waals surface area contributed by atoms with Crippen LogP contribution in [0.3, 0.4) is 0 Å². The average Bonchev–Trinajstić information content (AvgIpc) is 2.16. The third kappa shape index (κ3) is 2.51. The summed E-state index contributed by atoms with van der Waals surface area (Å²) >= 11 is 5.88. The first-order valence-corrected chi connectivity index (χ1v) is 4.61. The van der Waals surface area contributed by atoms with E-state index in [2.05, 4.69) is 11.8 Å². The Morgan fingerprint density at radius 1 is 1.57 bits per heavy atom. The van der Waals surface area contributed by atoms with E-state index in [1.807, 2.05) is 6.92 Å². The fourth-order valence-electron chi connectivity index (χ4n) is 0.958. The molecule has 0 bridgehead atoms. The summed E-state index contributed by atoms with van der Waals surface area (Å²) in [5, 5.41) is 0.538. The van der Waals surface area contributed by atoms with Gasteiger partial charge in [-0.15, -0.1) is 0 Å². The van der Waals surface area contributed by atoms with Crippen LogP contribution in [0.25, 0.3) is 0 Å². The zero-order valence-corrected chi connectivity index (χ0v) is 8.56. The molecule has 1 amide bonds. The van der Waals surface area contributed by atoms with E-state index in [1.165, 1.54) is 0 Å². The third-order valence-corrected chi connectivity index (χ3v) is 1.98. The number of benzene rings is 1. The zero-order valence-electron chi connectivity index (χ0n) is 7.80. The number of primary amides is 1. The van der Waals surface area contributed by atoms with E-state index in [9.17, 15) is 4.79 Å². The molecule has 0 saturated carbocycles. The van der Waals surface area contributed by atoms with E-state index in [-0.39, 0.29) is 0 Å². The molecule has 72 valence electrons. The molecule has 1 aromatic rings. The minimum absolute atomic E-state index is 0.426. The Morgan fingerprint density at radius 2 is 2.29 bits per heavy atom. The second-order valence-corrected chi connectivity index (χ2v) is 3.12. The summed E-state index contributed by atoms with van der Waals surface area (Å²) < 4.78 is 0. The predicted molar refractivity (Wildman–Crippen MR) is 57.1 cm³/mol. The van der Waals surface area contributed by atoms with E-state index in [0.717, 1.165) is 6.42 Å². The highest BCUT2D eigenvalue weighted by Gasteiger charge is 2.03. The largest absolute Gasteiger partial charge is 0.366 e. The minimum Gasteiger partial charge on any atom is -0.366 e. The lowest BCUT2D eigenvalue weighted by atomic mass is 10.1. The Kier molecular flexibility index (Phi) is 3.55. The summed E-state index contributed by atoms with van der Waals surface area (Å²) in [6.07, 6.45) is 0.747. The maximum atomic E-state index is 10.9. The number of hydrogen-bond donors (Lipinski definition) is 1. The molecular formula is C11H10ClNO. The van der Waals surface area contributed by atoms with Gasteiger partial charge in [-0.1, -0.05) is 30.4 Å². The second-order valence-electron chi connectivity index (χ2n) is 2.71. The summed E-state index contributed by atoms with van der Waals surface area (Å²) in [4.78, 5) is 10.9. The number of hydrogen-bond acceptors (Lipinski definition) is 1. The van der Waals surface area contributed by atoms with E-state index >= 15 is 0 Å². The van der Waals surface area contributed by atoms with Crippen molar-refractivity contribution in [1.82, 2.24) is 0 Å². The fraction of sp³-hybridized carbons (Fsp3) is 0.182. The van der Waals surface area contributed by atoms with Gasteiger partial charge in [0.05, 0.1) is 5.02 Å². The smallest absolute Gasteiger partial charge is 0.248 e. The van der Waals surface area contributed by atoms with Crippen molar-refractivity contribution in [2.24, 2.45) is 5.73 Å². The molecule has 0 aromatic heterocycles. The molecule has 0 radical (unpaired) electrons. The molecular weight excluding hydrogens is 198 g/mol. The molecule has 0 fully saturated rings. The van der Waals surface area contributed by atoms with Gasteiger partial charge in [-0.3, -0.25) is 4.79 Å². The fourth-order valence-corrected chi connectivity index (χ4v) is 1.12. The Hall–Kier alpha value is -1.46. The highest BCUT2D eigenvalue weighted by molar-refractivity contribution is 6.31. The van der Waals surface area contributed by atoms with Crippen LogP contribution in [-0.4, -0.2) is 5.91 Å². The van der Waals surface area contributed by atoms with Gasteiger partial charge in [0.25, 0.3) is 0 Å². The van der Waals surface area contributed by atoms with E-state index in [4.69, 9.17) is 17.3 Å². The lowest BCUT2D eigenvalue weighted by molar-refractivity contribution is 0.100. The van der Waals surface area contributed by atoms with Gasteiger partial charge in [-0.25, -0.2) is 0 Å². The Bertz CT molecular complexity index is 415. The molecule has 1 rings (SSSR count). The SMILES string of the molecule is CCC#Cc1cc(C(N)=O)ccc1Cl. The number of carbonyl (C=O) groups is 1. The van der Waals surface area contributed by atoms with Gasteiger partial charge in [-0.2, -0.15) is 0 Å². The zero-order chi connectivity index (χ0) is 10.6. The van der Waals surface area contributed by atoms with Gasteiger partial charge in [0.2, 0.25) is 5.91 Å². The molecule has 0 atom stereocenters. The quantitative estimate of drug-likeness (QED) is 0.705. The van der Waals surface area contributed by atoms with Crippen LogP contribution in [0.4, 0.5) is 0 Å². The molecule has 0 aliphatic heterocycles. The molecule has 2 nitrogen and oxygen atoms in total. The molecule has 0 saturated heterocycles. The highest BCUT2D eigenvalue weighted by atomic mass is 35.5. The molecule has 0 heterocycles. The number of rotatable bonds is 1. The van der Waals surface area contributed by atoms with Crippen LogP contribution in [0.2, 0.25) is 5.02 Å². The van der Waals surface area contributed by atoms with Crippen molar-refractivity contribution in [2.45, 2.75) is 13.3 Å². The summed E-state index contributed by atoms with van der Waals surface area (Å²) in [5.41, 5.74) is 6.20. The number of amides is 1. The lowest BCUT2D eigenvalue weighted by Gasteiger charge is -1.98. The van der Waals surface area contributed by atoms with Crippen LogP contribution >= 0.6 is 11.6 Å². The maximum absolute atomic E-state index is 10.9. The summed E-state index contributed by atoms with van der Waals surface area (Å²) in [5.74, 6) is 5.28. The molecule has 3 heteroatoms. The first kappa shape index (κ1) is 10.6.